The number of hydrogen-bond acceptors (Lipinski definition) is 5. The Kier molecular flexibility index (Phi) is 6.66. The van der Waals surface area contributed by atoms with Gasteiger partial charge in [-0.15, -0.1) is 11.3 Å². The number of aryl methyl sites for hydroxylation is 1. The Morgan fingerprint density at radius 1 is 1.17 bits per heavy atom. The van der Waals surface area contributed by atoms with Gasteiger partial charge in [-0.05, 0) is 49.6 Å². The van der Waals surface area contributed by atoms with E-state index in [0.29, 0.717) is 24.9 Å². The highest BCUT2D eigenvalue weighted by atomic mass is 32.2. The molecule has 0 saturated carbocycles. The van der Waals surface area contributed by atoms with E-state index in [-0.39, 0.29) is 17.2 Å². The lowest BCUT2D eigenvalue weighted by Gasteiger charge is -2.30. The molecule has 1 atom stereocenters. The first-order valence-electron chi connectivity index (χ1n) is 9.15. The van der Waals surface area contributed by atoms with Crippen LogP contribution in [0.5, 0.6) is 0 Å². The second-order valence-corrected chi connectivity index (χ2v) is 10.4. The molecule has 1 fully saturated rings. The largest absolute Gasteiger partial charge is 0.273 e. The van der Waals surface area contributed by atoms with Crippen LogP contribution in [0.1, 0.15) is 23.3 Å². The number of nitrogens with zero attached hydrogens (tertiary/aromatic N) is 1. The number of benzene rings is 1. The molecule has 1 aliphatic heterocycles. The van der Waals surface area contributed by atoms with Crippen LogP contribution in [-0.4, -0.2) is 37.6 Å². The fourth-order valence-electron chi connectivity index (χ4n) is 3.12. The number of hydrogen-bond donors (Lipinski definition) is 2. The molecule has 2 aromatic rings. The summed E-state index contributed by atoms with van der Waals surface area (Å²) in [4.78, 5) is 25.3. The number of rotatable bonds is 5. The number of hydrazine groups is 1. The number of amides is 2. The Balaban J connectivity index is 1.54. The minimum absolute atomic E-state index is 0.0105. The van der Waals surface area contributed by atoms with Crippen molar-refractivity contribution in [1.29, 1.82) is 0 Å². The minimum Gasteiger partial charge on any atom is -0.273 e. The van der Waals surface area contributed by atoms with Crippen molar-refractivity contribution in [3.63, 3.8) is 0 Å². The molecule has 2 heterocycles. The number of sulfonamides is 1. The van der Waals surface area contributed by atoms with E-state index in [1.807, 2.05) is 6.92 Å². The lowest BCUT2D eigenvalue weighted by atomic mass is 9.99. The SMILES string of the molecule is Cc1ccc(S(=O)(=O)N2CCC[C@H](C(=O)NNC(=O)Cc3ccc(F)cc3)C2)s1. The minimum atomic E-state index is -3.63. The van der Waals surface area contributed by atoms with E-state index < -0.39 is 33.6 Å². The summed E-state index contributed by atoms with van der Waals surface area (Å²) in [5.74, 6) is -1.82. The highest BCUT2D eigenvalue weighted by molar-refractivity contribution is 7.91. The van der Waals surface area contributed by atoms with Crippen molar-refractivity contribution in [3.8, 4) is 0 Å². The van der Waals surface area contributed by atoms with Crippen LogP contribution in [0.2, 0.25) is 0 Å². The van der Waals surface area contributed by atoms with Crippen molar-refractivity contribution in [2.24, 2.45) is 5.92 Å². The molecular weight excluding hydrogens is 417 g/mol. The first-order chi connectivity index (χ1) is 13.8. The molecule has 156 valence electrons. The summed E-state index contributed by atoms with van der Waals surface area (Å²) in [6, 6.07) is 8.83. The molecule has 0 bridgehead atoms. The summed E-state index contributed by atoms with van der Waals surface area (Å²) in [5.41, 5.74) is 5.31. The van der Waals surface area contributed by atoms with Crippen LogP contribution >= 0.6 is 11.3 Å². The third-order valence-electron chi connectivity index (χ3n) is 4.67. The predicted octanol–water partition coefficient (Wildman–Crippen LogP) is 1.99. The van der Waals surface area contributed by atoms with E-state index in [9.17, 15) is 22.4 Å². The Hall–Kier alpha value is -2.30. The molecule has 0 unspecified atom stereocenters. The molecule has 2 amide bonds. The van der Waals surface area contributed by atoms with Gasteiger partial charge in [-0.25, -0.2) is 12.8 Å². The maximum absolute atomic E-state index is 12.9. The Bertz CT molecular complexity index is 989. The van der Waals surface area contributed by atoms with Crippen LogP contribution in [0.4, 0.5) is 4.39 Å². The molecule has 0 spiro atoms. The van der Waals surface area contributed by atoms with Gasteiger partial charge in [0.15, 0.2) is 0 Å². The van der Waals surface area contributed by atoms with Crippen LogP contribution in [-0.2, 0) is 26.0 Å². The fraction of sp³-hybridized carbons (Fsp3) is 0.368. The van der Waals surface area contributed by atoms with E-state index in [2.05, 4.69) is 10.9 Å². The Labute approximate surface area is 172 Å². The van der Waals surface area contributed by atoms with E-state index in [0.717, 1.165) is 4.88 Å². The lowest BCUT2D eigenvalue weighted by Crippen LogP contribution is -2.50. The first kappa shape index (κ1) is 21.4. The fourth-order valence-corrected chi connectivity index (χ4v) is 6.08. The van der Waals surface area contributed by atoms with Gasteiger partial charge >= 0.3 is 0 Å². The van der Waals surface area contributed by atoms with Gasteiger partial charge in [-0.3, -0.25) is 20.4 Å². The number of halogens is 1. The van der Waals surface area contributed by atoms with Gasteiger partial charge in [0.2, 0.25) is 11.8 Å². The molecule has 0 radical (unpaired) electrons. The Morgan fingerprint density at radius 2 is 1.90 bits per heavy atom. The van der Waals surface area contributed by atoms with Gasteiger partial charge in [0.25, 0.3) is 10.0 Å². The highest BCUT2D eigenvalue weighted by Crippen LogP contribution is 2.28. The number of nitrogens with one attached hydrogen (secondary N) is 2. The van der Waals surface area contributed by atoms with Crippen molar-refractivity contribution in [1.82, 2.24) is 15.2 Å². The first-order valence-corrected chi connectivity index (χ1v) is 11.4. The highest BCUT2D eigenvalue weighted by Gasteiger charge is 2.34. The van der Waals surface area contributed by atoms with Crippen LogP contribution in [0.3, 0.4) is 0 Å². The van der Waals surface area contributed by atoms with Gasteiger partial charge in [0.05, 0.1) is 12.3 Å². The van der Waals surface area contributed by atoms with E-state index in [4.69, 9.17) is 0 Å². The summed E-state index contributed by atoms with van der Waals surface area (Å²) in [6.45, 7) is 2.27. The number of piperidine rings is 1. The van der Waals surface area contributed by atoms with Gasteiger partial charge < -0.3 is 0 Å². The maximum Gasteiger partial charge on any atom is 0.252 e. The summed E-state index contributed by atoms with van der Waals surface area (Å²) in [6.07, 6.45) is 1.09. The normalized spacial score (nSPS) is 17.7. The van der Waals surface area contributed by atoms with Crippen LogP contribution < -0.4 is 10.9 Å². The van der Waals surface area contributed by atoms with Crippen molar-refractivity contribution in [2.75, 3.05) is 13.1 Å². The zero-order valence-corrected chi connectivity index (χ0v) is 17.5. The van der Waals surface area contributed by atoms with Crippen molar-refractivity contribution in [3.05, 3.63) is 52.7 Å². The molecule has 29 heavy (non-hydrogen) atoms. The summed E-state index contributed by atoms with van der Waals surface area (Å²) in [5, 5.41) is 0. The molecule has 1 aromatic heterocycles. The average molecular weight is 440 g/mol. The second-order valence-electron chi connectivity index (χ2n) is 6.91. The number of carbonyl (C=O) groups is 2. The number of carbonyl (C=O) groups excluding carboxylic acids is 2. The molecular formula is C19H22FN3O4S2. The molecule has 7 nitrogen and oxygen atoms in total. The van der Waals surface area contributed by atoms with Gasteiger partial charge in [-0.2, -0.15) is 4.31 Å². The number of thiophene rings is 1. The lowest BCUT2D eigenvalue weighted by molar-refractivity contribution is -0.131. The van der Waals surface area contributed by atoms with E-state index >= 15 is 0 Å². The maximum atomic E-state index is 12.9. The van der Waals surface area contributed by atoms with Crippen molar-refractivity contribution < 1.29 is 22.4 Å². The standard InChI is InChI=1S/C19H22FN3O4S2/c1-13-4-9-18(28-13)29(26,27)23-10-2-3-15(12-23)19(25)22-21-17(24)11-14-5-7-16(20)8-6-14/h4-9,15H,2-3,10-12H2,1H3,(H,21,24)(H,22,25)/t15-/m0/s1. The molecule has 1 saturated heterocycles. The summed E-state index contributed by atoms with van der Waals surface area (Å²) >= 11 is 1.20. The zero-order valence-electron chi connectivity index (χ0n) is 15.9. The Morgan fingerprint density at radius 3 is 2.55 bits per heavy atom. The molecule has 2 N–H and O–H groups in total. The molecule has 1 aliphatic rings. The summed E-state index contributed by atoms with van der Waals surface area (Å²) in [7, 11) is -3.63. The molecule has 1 aromatic carbocycles. The third kappa shape index (κ3) is 5.40. The van der Waals surface area contributed by atoms with Crippen molar-refractivity contribution in [2.45, 2.75) is 30.4 Å². The average Bonchev–Trinajstić information content (AvgIpc) is 3.15. The molecule has 10 heteroatoms. The van der Waals surface area contributed by atoms with Gasteiger partial charge in [-0.1, -0.05) is 12.1 Å². The van der Waals surface area contributed by atoms with E-state index in [1.54, 1.807) is 12.1 Å². The third-order valence-corrected chi connectivity index (χ3v) is 8.00. The van der Waals surface area contributed by atoms with E-state index in [1.165, 1.54) is 39.9 Å². The quantitative estimate of drug-likeness (QED) is 0.697. The smallest absolute Gasteiger partial charge is 0.252 e. The molecule has 3 rings (SSSR count). The topological polar surface area (TPSA) is 95.6 Å². The second kappa shape index (κ2) is 9.02. The predicted molar refractivity (Wildman–Crippen MR) is 107 cm³/mol. The summed E-state index contributed by atoms with van der Waals surface area (Å²) < 4.78 is 40.0. The molecule has 0 aliphatic carbocycles. The van der Waals surface area contributed by atoms with Crippen LogP contribution in [0, 0.1) is 18.7 Å². The van der Waals surface area contributed by atoms with Gasteiger partial charge in [0, 0.05) is 18.0 Å². The van der Waals surface area contributed by atoms with Crippen LogP contribution in [0.15, 0.2) is 40.6 Å². The zero-order chi connectivity index (χ0) is 21.0. The van der Waals surface area contributed by atoms with Crippen molar-refractivity contribution >= 4 is 33.2 Å². The monoisotopic (exact) mass is 439 g/mol. The van der Waals surface area contributed by atoms with Crippen LogP contribution in [0.25, 0.3) is 0 Å². The van der Waals surface area contributed by atoms with Gasteiger partial charge in [0.1, 0.15) is 10.0 Å².